The van der Waals surface area contributed by atoms with Gasteiger partial charge in [0.05, 0.1) is 25.6 Å². The van der Waals surface area contributed by atoms with Crippen molar-refractivity contribution in [1.82, 2.24) is 0 Å². The number of rotatable bonds is 5. The number of carbonyl (C=O) groups excluding carboxylic acids is 2. The molecule has 2 aliphatic heterocycles. The number of hydroxylamine groups is 1. The van der Waals surface area contributed by atoms with Crippen LogP contribution < -0.4 is 19.4 Å². The minimum atomic E-state index is -1.04. The van der Waals surface area contributed by atoms with Gasteiger partial charge in [-0.2, -0.15) is 0 Å². The predicted molar refractivity (Wildman–Crippen MR) is 118 cm³/mol. The van der Waals surface area contributed by atoms with E-state index >= 15 is 0 Å². The molecular formula is C25H21FN2O5. The predicted octanol–water partition coefficient (Wildman–Crippen LogP) is 3.89. The molecular weight excluding hydrogens is 427 g/mol. The summed E-state index contributed by atoms with van der Waals surface area (Å²) in [5.74, 6) is -1.11. The van der Waals surface area contributed by atoms with Gasteiger partial charge >= 0.3 is 0 Å². The Kier molecular flexibility index (Phi) is 5.22. The highest BCUT2D eigenvalue weighted by atomic mass is 19.1. The molecule has 2 heterocycles. The molecule has 33 heavy (non-hydrogen) atoms. The fourth-order valence-electron chi connectivity index (χ4n) is 4.44. The maximum absolute atomic E-state index is 13.6. The first-order valence-electron chi connectivity index (χ1n) is 10.4. The standard InChI is InChI=1S/C25H21FN2O5/c1-31-18-12-13-20(32-2)19(14-18)22-21-23(33-28(22)17-6-4-3-5-7-17)25(30)27(24(21)29)16-10-8-15(26)9-11-16/h3-14,21-23H,1-2H3/t21-,22+,23-/m1/s1. The number of para-hydroxylation sites is 1. The largest absolute Gasteiger partial charge is 0.497 e. The summed E-state index contributed by atoms with van der Waals surface area (Å²) in [4.78, 5) is 34.1. The van der Waals surface area contributed by atoms with Crippen molar-refractivity contribution < 1.29 is 28.3 Å². The second-order valence-electron chi connectivity index (χ2n) is 7.75. The third-order valence-electron chi connectivity index (χ3n) is 5.97. The molecule has 2 fully saturated rings. The molecule has 3 aromatic rings. The number of hydrogen-bond acceptors (Lipinski definition) is 6. The van der Waals surface area contributed by atoms with Crippen molar-refractivity contribution in [3.8, 4) is 11.5 Å². The highest BCUT2D eigenvalue weighted by Gasteiger charge is 2.60. The van der Waals surface area contributed by atoms with Gasteiger partial charge in [-0.3, -0.25) is 14.4 Å². The average Bonchev–Trinajstić information content (AvgIpc) is 3.36. The van der Waals surface area contributed by atoms with Crippen LogP contribution in [0.5, 0.6) is 11.5 Å². The lowest BCUT2D eigenvalue weighted by molar-refractivity contribution is -0.126. The first kappa shape index (κ1) is 21.0. The highest BCUT2D eigenvalue weighted by molar-refractivity contribution is 6.23. The third kappa shape index (κ3) is 3.39. The number of anilines is 2. The minimum Gasteiger partial charge on any atom is -0.497 e. The number of nitrogens with zero attached hydrogens (tertiary/aromatic N) is 2. The van der Waals surface area contributed by atoms with Gasteiger partial charge in [0.2, 0.25) is 5.91 Å². The van der Waals surface area contributed by atoms with Crippen LogP contribution in [0.25, 0.3) is 0 Å². The van der Waals surface area contributed by atoms with Crippen LogP contribution in [0.1, 0.15) is 11.6 Å². The van der Waals surface area contributed by atoms with Crippen molar-refractivity contribution in [1.29, 1.82) is 0 Å². The van der Waals surface area contributed by atoms with Crippen LogP contribution in [0, 0.1) is 11.7 Å². The van der Waals surface area contributed by atoms with Gasteiger partial charge in [0, 0.05) is 5.56 Å². The van der Waals surface area contributed by atoms with Gasteiger partial charge in [0.25, 0.3) is 5.91 Å². The summed E-state index contributed by atoms with van der Waals surface area (Å²) in [5.41, 5.74) is 1.64. The smallest absolute Gasteiger partial charge is 0.266 e. The van der Waals surface area contributed by atoms with Gasteiger partial charge in [-0.25, -0.2) is 14.4 Å². The normalized spacial score (nSPS) is 22.0. The molecule has 168 valence electrons. The Morgan fingerprint density at radius 1 is 0.848 bits per heavy atom. The molecule has 0 saturated carbocycles. The van der Waals surface area contributed by atoms with Crippen LogP contribution in [-0.2, 0) is 14.4 Å². The molecule has 0 aliphatic carbocycles. The number of carbonyl (C=O) groups is 2. The van der Waals surface area contributed by atoms with E-state index in [-0.39, 0.29) is 0 Å². The number of amides is 2. The molecule has 8 heteroatoms. The number of imide groups is 1. The molecule has 2 aliphatic rings. The minimum absolute atomic E-state index is 0.298. The van der Waals surface area contributed by atoms with Gasteiger partial charge in [-0.1, -0.05) is 18.2 Å². The molecule has 0 radical (unpaired) electrons. The second kappa shape index (κ2) is 8.22. The van der Waals surface area contributed by atoms with E-state index in [0.717, 1.165) is 4.90 Å². The summed E-state index contributed by atoms with van der Waals surface area (Å²) < 4.78 is 24.4. The van der Waals surface area contributed by atoms with Gasteiger partial charge in [-0.05, 0) is 54.6 Å². The fraction of sp³-hybridized carbons (Fsp3) is 0.200. The van der Waals surface area contributed by atoms with Crippen LogP contribution in [-0.4, -0.2) is 32.1 Å². The van der Waals surface area contributed by atoms with Crippen molar-refractivity contribution in [2.75, 3.05) is 24.2 Å². The molecule has 0 bridgehead atoms. The summed E-state index contributed by atoms with van der Waals surface area (Å²) in [6.07, 6.45) is -1.04. The molecule has 7 nitrogen and oxygen atoms in total. The Bertz CT molecular complexity index is 1200. The van der Waals surface area contributed by atoms with Crippen molar-refractivity contribution >= 4 is 23.2 Å². The molecule has 3 aromatic carbocycles. The van der Waals surface area contributed by atoms with Crippen LogP contribution in [0.2, 0.25) is 0 Å². The molecule has 2 saturated heterocycles. The number of halogens is 1. The number of hydrogen-bond donors (Lipinski definition) is 0. The zero-order valence-corrected chi connectivity index (χ0v) is 18.0. The van der Waals surface area contributed by atoms with E-state index in [4.69, 9.17) is 14.3 Å². The van der Waals surface area contributed by atoms with E-state index < -0.39 is 35.7 Å². The SMILES string of the molecule is COc1ccc(OC)c([C@H]2[C@H]3C(=O)N(c4ccc(F)cc4)C(=O)[C@@H]3ON2c2ccccc2)c1. The second-order valence-corrected chi connectivity index (χ2v) is 7.75. The Morgan fingerprint density at radius 2 is 1.58 bits per heavy atom. The fourth-order valence-corrected chi connectivity index (χ4v) is 4.44. The number of methoxy groups -OCH3 is 2. The zero-order valence-electron chi connectivity index (χ0n) is 18.0. The lowest BCUT2D eigenvalue weighted by Gasteiger charge is -2.29. The highest BCUT2D eigenvalue weighted by Crippen LogP contribution is 2.50. The molecule has 0 spiro atoms. The van der Waals surface area contributed by atoms with Gasteiger partial charge in [0.15, 0.2) is 6.10 Å². The Labute approximate surface area is 189 Å². The zero-order chi connectivity index (χ0) is 23.1. The summed E-state index contributed by atoms with van der Waals surface area (Å²) >= 11 is 0. The molecule has 5 rings (SSSR count). The molecule has 0 unspecified atom stereocenters. The van der Waals surface area contributed by atoms with Crippen LogP contribution >= 0.6 is 0 Å². The average molecular weight is 448 g/mol. The number of fused-ring (bicyclic) bond motifs is 1. The van der Waals surface area contributed by atoms with Gasteiger partial charge in [-0.15, -0.1) is 0 Å². The maximum Gasteiger partial charge on any atom is 0.266 e. The molecule has 0 aromatic heterocycles. The first-order valence-corrected chi connectivity index (χ1v) is 10.4. The Hall–Kier alpha value is -3.91. The summed E-state index contributed by atoms with van der Waals surface area (Å²) in [5, 5.41) is 1.59. The van der Waals surface area contributed by atoms with Crippen LogP contribution in [0.4, 0.5) is 15.8 Å². The quantitative estimate of drug-likeness (QED) is 0.552. The van der Waals surface area contributed by atoms with Crippen molar-refractivity contribution in [3.63, 3.8) is 0 Å². The van der Waals surface area contributed by atoms with Crippen LogP contribution in [0.15, 0.2) is 72.8 Å². The number of benzene rings is 3. The van der Waals surface area contributed by atoms with Crippen LogP contribution in [0.3, 0.4) is 0 Å². The van der Waals surface area contributed by atoms with E-state index in [0.29, 0.717) is 28.4 Å². The summed E-state index contributed by atoms with van der Waals surface area (Å²) in [6, 6.07) is 19.1. The maximum atomic E-state index is 13.6. The van der Waals surface area contributed by atoms with Crippen molar-refractivity contribution in [3.05, 3.63) is 84.2 Å². The Morgan fingerprint density at radius 3 is 2.24 bits per heavy atom. The van der Waals surface area contributed by atoms with Gasteiger partial charge in [0.1, 0.15) is 29.3 Å². The van der Waals surface area contributed by atoms with Crippen molar-refractivity contribution in [2.45, 2.75) is 12.1 Å². The molecule has 3 atom stereocenters. The Balaban J connectivity index is 1.63. The van der Waals surface area contributed by atoms with Gasteiger partial charge < -0.3 is 9.47 Å². The lowest BCUT2D eigenvalue weighted by Crippen LogP contribution is -2.37. The van der Waals surface area contributed by atoms with E-state index in [9.17, 15) is 14.0 Å². The number of ether oxygens (including phenoxy) is 2. The van der Waals surface area contributed by atoms with Crippen molar-refractivity contribution in [2.24, 2.45) is 5.92 Å². The monoisotopic (exact) mass is 448 g/mol. The van der Waals surface area contributed by atoms with E-state index in [1.807, 2.05) is 30.3 Å². The summed E-state index contributed by atoms with van der Waals surface area (Å²) in [7, 11) is 3.09. The third-order valence-corrected chi connectivity index (χ3v) is 5.97. The molecule has 0 N–H and O–H groups in total. The molecule has 2 amide bonds. The topological polar surface area (TPSA) is 68.3 Å². The van der Waals surface area contributed by atoms with E-state index in [1.54, 1.807) is 30.4 Å². The lowest BCUT2D eigenvalue weighted by atomic mass is 9.89. The summed E-state index contributed by atoms with van der Waals surface area (Å²) in [6.45, 7) is 0. The van der Waals surface area contributed by atoms with E-state index in [1.165, 1.54) is 31.4 Å². The van der Waals surface area contributed by atoms with E-state index in [2.05, 4.69) is 0 Å². The first-order chi connectivity index (χ1) is 16.0.